The number of tetrazole rings is 1. The molecule has 1 aromatic heterocycles. The van der Waals surface area contributed by atoms with Gasteiger partial charge in [0.15, 0.2) is 5.82 Å². The third-order valence-corrected chi connectivity index (χ3v) is 3.78. The minimum Gasteiger partial charge on any atom is -0.305 e. The lowest BCUT2D eigenvalue weighted by molar-refractivity contribution is 0.305. The first-order valence-electron chi connectivity index (χ1n) is 7.72. The fraction of sp³-hybridized carbons (Fsp3) is 0.562. The van der Waals surface area contributed by atoms with Crippen LogP contribution in [0.1, 0.15) is 56.5 Å². The highest BCUT2D eigenvalue weighted by molar-refractivity contribution is 5.85. The number of halogens is 2. The summed E-state index contributed by atoms with van der Waals surface area (Å²) in [6.07, 6.45) is 2.21. The number of rotatable bonds is 5. The van der Waals surface area contributed by atoms with Crippen molar-refractivity contribution >= 4 is 12.4 Å². The predicted octanol–water partition coefficient (Wildman–Crippen LogP) is 3.16. The number of hydrogen-bond acceptors (Lipinski definition) is 4. The highest BCUT2D eigenvalue weighted by atomic mass is 35.5. The molecule has 1 N–H and O–H groups in total. The van der Waals surface area contributed by atoms with E-state index in [1.165, 1.54) is 0 Å². The third kappa shape index (κ3) is 4.26. The fourth-order valence-electron chi connectivity index (χ4n) is 2.35. The van der Waals surface area contributed by atoms with E-state index in [0.717, 1.165) is 18.4 Å². The third-order valence-electron chi connectivity index (χ3n) is 3.78. The molecular formula is C16H23ClFN5. The molecule has 0 radical (unpaired) electrons. The number of aromatic nitrogens is 4. The highest BCUT2D eigenvalue weighted by Gasteiger charge is 2.27. The van der Waals surface area contributed by atoms with Crippen molar-refractivity contribution in [2.24, 2.45) is 0 Å². The molecule has 2 aromatic rings. The molecule has 3 rings (SSSR count). The number of benzene rings is 1. The van der Waals surface area contributed by atoms with Crippen molar-refractivity contribution in [3.8, 4) is 0 Å². The van der Waals surface area contributed by atoms with Crippen molar-refractivity contribution in [3.63, 3.8) is 0 Å². The van der Waals surface area contributed by atoms with E-state index in [9.17, 15) is 4.39 Å². The predicted molar refractivity (Wildman–Crippen MR) is 89.0 cm³/mol. The van der Waals surface area contributed by atoms with Crippen LogP contribution in [0.4, 0.5) is 4.39 Å². The Hall–Kier alpha value is -1.53. The SMILES string of the molecule is CC(C)(C)n1nnc(CNCc2cccc(C3CC3)c2F)n1.Cl. The molecule has 0 saturated heterocycles. The first kappa shape index (κ1) is 17.8. The van der Waals surface area contributed by atoms with Crippen LogP contribution in [0.5, 0.6) is 0 Å². The largest absolute Gasteiger partial charge is 0.305 e. The molecule has 1 aromatic carbocycles. The lowest BCUT2D eigenvalue weighted by atomic mass is 10.1. The molecule has 23 heavy (non-hydrogen) atoms. The molecule has 1 heterocycles. The standard InChI is InChI=1S/C16H22FN5.ClH/c1-16(2,3)22-20-14(19-21-22)10-18-9-12-5-4-6-13(15(12)17)11-7-8-11;/h4-6,11,18H,7-10H2,1-3H3;1H. The molecule has 0 atom stereocenters. The maximum Gasteiger partial charge on any atom is 0.188 e. The Balaban J connectivity index is 0.00000192. The molecule has 126 valence electrons. The van der Waals surface area contributed by atoms with E-state index in [1.54, 1.807) is 4.80 Å². The van der Waals surface area contributed by atoms with Gasteiger partial charge in [-0.15, -0.1) is 22.6 Å². The minimum atomic E-state index is -0.185. The molecule has 1 aliphatic rings. The van der Waals surface area contributed by atoms with Gasteiger partial charge in [0, 0.05) is 12.1 Å². The van der Waals surface area contributed by atoms with Crippen molar-refractivity contribution in [1.82, 2.24) is 25.5 Å². The summed E-state index contributed by atoms with van der Waals surface area (Å²) in [4.78, 5) is 1.60. The quantitative estimate of drug-likeness (QED) is 0.909. The van der Waals surface area contributed by atoms with Gasteiger partial charge in [-0.3, -0.25) is 0 Å². The molecule has 0 spiro atoms. The van der Waals surface area contributed by atoms with Crippen molar-refractivity contribution < 1.29 is 4.39 Å². The van der Waals surface area contributed by atoms with E-state index in [0.29, 0.717) is 30.4 Å². The van der Waals surface area contributed by atoms with Crippen LogP contribution >= 0.6 is 12.4 Å². The topological polar surface area (TPSA) is 55.6 Å². The van der Waals surface area contributed by atoms with E-state index in [4.69, 9.17) is 0 Å². The molecule has 0 amide bonds. The summed E-state index contributed by atoms with van der Waals surface area (Å²) in [5, 5.41) is 15.6. The van der Waals surface area contributed by atoms with Gasteiger partial charge in [0.05, 0.1) is 12.1 Å². The smallest absolute Gasteiger partial charge is 0.188 e. The van der Waals surface area contributed by atoms with Crippen molar-refractivity contribution in [2.45, 2.75) is 58.2 Å². The van der Waals surface area contributed by atoms with E-state index in [-0.39, 0.29) is 23.8 Å². The Labute approximate surface area is 142 Å². The van der Waals surface area contributed by atoms with Crippen LogP contribution in [-0.2, 0) is 18.6 Å². The summed E-state index contributed by atoms with van der Waals surface area (Å²) in [5.41, 5.74) is 1.37. The summed E-state index contributed by atoms with van der Waals surface area (Å²) in [6.45, 7) is 7.00. The maximum atomic E-state index is 14.4. The van der Waals surface area contributed by atoms with Gasteiger partial charge in [-0.1, -0.05) is 18.2 Å². The average molecular weight is 340 g/mol. The molecule has 0 aliphatic heterocycles. The van der Waals surface area contributed by atoms with Crippen LogP contribution in [0.15, 0.2) is 18.2 Å². The summed E-state index contributed by atoms with van der Waals surface area (Å²) >= 11 is 0. The molecule has 1 saturated carbocycles. The first-order valence-corrected chi connectivity index (χ1v) is 7.72. The lowest BCUT2D eigenvalue weighted by Crippen LogP contribution is -2.25. The zero-order chi connectivity index (χ0) is 15.7. The molecule has 1 fully saturated rings. The van der Waals surface area contributed by atoms with Crippen molar-refractivity contribution in [2.75, 3.05) is 0 Å². The van der Waals surface area contributed by atoms with Gasteiger partial charge in [0.25, 0.3) is 0 Å². The monoisotopic (exact) mass is 339 g/mol. The summed E-state index contributed by atoms with van der Waals surface area (Å²) in [6, 6.07) is 5.66. The van der Waals surface area contributed by atoms with E-state index < -0.39 is 0 Å². The Morgan fingerprint density at radius 2 is 2.00 bits per heavy atom. The second-order valence-electron chi connectivity index (χ2n) is 6.86. The van der Waals surface area contributed by atoms with Crippen LogP contribution in [0.2, 0.25) is 0 Å². The number of nitrogens with zero attached hydrogens (tertiary/aromatic N) is 4. The summed E-state index contributed by atoms with van der Waals surface area (Å²) in [5.74, 6) is 0.978. The van der Waals surface area contributed by atoms with Crippen LogP contribution in [-0.4, -0.2) is 20.2 Å². The second kappa shape index (κ2) is 6.93. The van der Waals surface area contributed by atoms with Gasteiger partial charge in [-0.2, -0.15) is 4.80 Å². The fourth-order valence-corrected chi connectivity index (χ4v) is 2.35. The van der Waals surface area contributed by atoms with Gasteiger partial charge in [-0.25, -0.2) is 4.39 Å². The van der Waals surface area contributed by atoms with Gasteiger partial charge in [0.2, 0.25) is 0 Å². The van der Waals surface area contributed by atoms with Crippen molar-refractivity contribution in [3.05, 3.63) is 41.0 Å². The van der Waals surface area contributed by atoms with Crippen LogP contribution in [0, 0.1) is 5.82 Å². The summed E-state index contributed by atoms with van der Waals surface area (Å²) in [7, 11) is 0. The normalized spacial score (nSPS) is 14.6. The number of hydrogen-bond donors (Lipinski definition) is 1. The van der Waals surface area contributed by atoms with E-state index in [1.807, 2.05) is 39.0 Å². The van der Waals surface area contributed by atoms with Crippen LogP contribution in [0.3, 0.4) is 0 Å². The van der Waals surface area contributed by atoms with Crippen LogP contribution in [0.25, 0.3) is 0 Å². The Morgan fingerprint density at radius 1 is 1.26 bits per heavy atom. The zero-order valence-electron chi connectivity index (χ0n) is 13.7. The average Bonchev–Trinajstić information content (AvgIpc) is 3.17. The van der Waals surface area contributed by atoms with Gasteiger partial charge in [0.1, 0.15) is 5.82 Å². The molecule has 0 bridgehead atoms. The van der Waals surface area contributed by atoms with Gasteiger partial charge >= 0.3 is 0 Å². The molecule has 7 heteroatoms. The lowest BCUT2D eigenvalue weighted by Gasteiger charge is -2.15. The van der Waals surface area contributed by atoms with Gasteiger partial charge < -0.3 is 5.32 Å². The first-order chi connectivity index (χ1) is 10.4. The Kier molecular flexibility index (Phi) is 5.37. The molecule has 1 aliphatic carbocycles. The molecule has 0 unspecified atom stereocenters. The minimum absolute atomic E-state index is 0. The van der Waals surface area contributed by atoms with E-state index >= 15 is 0 Å². The highest BCUT2D eigenvalue weighted by Crippen LogP contribution is 2.41. The Morgan fingerprint density at radius 3 is 2.61 bits per heavy atom. The van der Waals surface area contributed by atoms with Crippen molar-refractivity contribution in [1.29, 1.82) is 0 Å². The Bertz CT molecular complexity index is 661. The second-order valence-corrected chi connectivity index (χ2v) is 6.86. The number of nitrogens with one attached hydrogen (secondary N) is 1. The zero-order valence-corrected chi connectivity index (χ0v) is 14.5. The molecule has 5 nitrogen and oxygen atoms in total. The molecular weight excluding hydrogens is 317 g/mol. The summed E-state index contributed by atoms with van der Waals surface area (Å²) < 4.78 is 14.4. The van der Waals surface area contributed by atoms with Crippen LogP contribution < -0.4 is 5.32 Å². The maximum absolute atomic E-state index is 14.4. The van der Waals surface area contributed by atoms with E-state index in [2.05, 4.69) is 20.7 Å². The van der Waals surface area contributed by atoms with Gasteiger partial charge in [-0.05, 0) is 50.3 Å².